The van der Waals surface area contributed by atoms with Gasteiger partial charge in [0.25, 0.3) is 0 Å². The normalized spacial score (nSPS) is 12.8. The van der Waals surface area contributed by atoms with Crippen LogP contribution in [0.5, 0.6) is 11.6 Å². The van der Waals surface area contributed by atoms with Gasteiger partial charge >= 0.3 is 6.09 Å². The second kappa shape index (κ2) is 9.58. The first kappa shape index (κ1) is 22.7. The average Bonchev–Trinajstić information content (AvgIpc) is 3.04. The molecule has 1 aromatic heterocycles. The second-order valence-electron chi connectivity index (χ2n) is 8.07. The minimum atomic E-state index is -0.977. The fraction of sp³-hybridized carbons (Fsp3) is 0.240. The van der Waals surface area contributed by atoms with Gasteiger partial charge in [0.1, 0.15) is 12.0 Å². The molecule has 9 heteroatoms. The van der Waals surface area contributed by atoms with Gasteiger partial charge in [0, 0.05) is 36.3 Å². The zero-order chi connectivity index (χ0) is 24.2. The lowest BCUT2D eigenvalue weighted by Gasteiger charge is -2.17. The predicted molar refractivity (Wildman–Crippen MR) is 125 cm³/mol. The van der Waals surface area contributed by atoms with Crippen molar-refractivity contribution in [3.63, 3.8) is 0 Å². The molecule has 0 spiro atoms. The van der Waals surface area contributed by atoms with Crippen molar-refractivity contribution < 1.29 is 19.4 Å². The van der Waals surface area contributed by atoms with Gasteiger partial charge in [0.15, 0.2) is 0 Å². The Morgan fingerprint density at radius 3 is 2.44 bits per heavy atom. The monoisotopic (exact) mass is 457 g/mol. The number of nitrogens with zero attached hydrogens (tertiary/aromatic N) is 4. The van der Waals surface area contributed by atoms with E-state index in [1.807, 2.05) is 13.8 Å². The van der Waals surface area contributed by atoms with E-state index in [4.69, 9.17) is 10.00 Å². The van der Waals surface area contributed by atoms with E-state index in [0.29, 0.717) is 66.0 Å². The molecule has 2 aromatic carbocycles. The summed E-state index contributed by atoms with van der Waals surface area (Å²) in [5.74, 6) is 1.25. The summed E-state index contributed by atoms with van der Waals surface area (Å²) in [6.45, 7) is 4.35. The zero-order valence-corrected chi connectivity index (χ0v) is 18.8. The molecule has 2 N–H and O–H groups in total. The summed E-state index contributed by atoms with van der Waals surface area (Å²) in [4.78, 5) is 33.4. The summed E-state index contributed by atoms with van der Waals surface area (Å²) in [5, 5.41) is 21.6. The molecule has 0 bridgehead atoms. The molecular formula is C25H23N5O4. The third-order valence-electron chi connectivity index (χ3n) is 5.66. The number of nitrogens with one attached hydrogen (secondary N) is 1. The number of rotatable bonds is 5. The van der Waals surface area contributed by atoms with Gasteiger partial charge in [-0.2, -0.15) is 10.2 Å². The largest absolute Gasteiger partial charge is 0.465 e. The molecule has 0 aliphatic carbocycles. The van der Waals surface area contributed by atoms with Gasteiger partial charge in [-0.15, -0.1) is 0 Å². The number of nitriles is 1. The molecule has 0 unspecified atom stereocenters. The lowest BCUT2D eigenvalue weighted by molar-refractivity contribution is 0.112. The molecule has 0 atom stereocenters. The number of hydrogen-bond acceptors (Lipinski definition) is 7. The molecule has 4 rings (SSSR count). The quantitative estimate of drug-likeness (QED) is 0.540. The molecular weight excluding hydrogens is 434 g/mol. The highest BCUT2D eigenvalue weighted by atomic mass is 16.5. The van der Waals surface area contributed by atoms with Crippen LogP contribution in [0.4, 0.5) is 16.4 Å². The first-order valence-electron chi connectivity index (χ1n) is 10.8. The van der Waals surface area contributed by atoms with Gasteiger partial charge in [0.05, 0.1) is 17.3 Å². The Bertz CT molecular complexity index is 1270. The summed E-state index contributed by atoms with van der Waals surface area (Å²) in [5.41, 5.74) is 4.85. The first-order chi connectivity index (χ1) is 16.4. The van der Waals surface area contributed by atoms with Crippen molar-refractivity contribution in [2.45, 2.75) is 26.7 Å². The number of aromatic nitrogens is 2. The molecule has 34 heavy (non-hydrogen) atoms. The summed E-state index contributed by atoms with van der Waals surface area (Å²) < 4.78 is 6.29. The number of amides is 1. The summed E-state index contributed by atoms with van der Waals surface area (Å²) in [7, 11) is 0. The number of ether oxygens (including phenoxy) is 1. The first-order valence-corrected chi connectivity index (χ1v) is 10.8. The van der Waals surface area contributed by atoms with E-state index in [1.54, 1.807) is 36.4 Å². The Kier molecular flexibility index (Phi) is 6.41. The molecule has 3 aromatic rings. The molecule has 0 saturated heterocycles. The zero-order valence-electron chi connectivity index (χ0n) is 18.8. The Balaban J connectivity index is 1.74. The van der Waals surface area contributed by atoms with Crippen LogP contribution in [0.3, 0.4) is 0 Å². The average molecular weight is 457 g/mol. The molecule has 172 valence electrons. The van der Waals surface area contributed by atoms with Crippen LogP contribution in [0.25, 0.3) is 0 Å². The van der Waals surface area contributed by atoms with Crippen LogP contribution in [-0.2, 0) is 12.8 Å². The third kappa shape index (κ3) is 4.81. The van der Waals surface area contributed by atoms with Crippen LogP contribution in [0.15, 0.2) is 36.4 Å². The third-order valence-corrected chi connectivity index (χ3v) is 5.66. The van der Waals surface area contributed by atoms with Crippen LogP contribution >= 0.6 is 0 Å². The molecule has 1 aliphatic heterocycles. The highest BCUT2D eigenvalue weighted by Crippen LogP contribution is 2.34. The van der Waals surface area contributed by atoms with Crippen LogP contribution in [0.1, 0.15) is 38.3 Å². The van der Waals surface area contributed by atoms with E-state index in [2.05, 4.69) is 21.4 Å². The fourth-order valence-electron chi connectivity index (χ4n) is 3.96. The Morgan fingerprint density at radius 2 is 1.82 bits per heavy atom. The second-order valence-corrected chi connectivity index (χ2v) is 8.07. The maximum Gasteiger partial charge on any atom is 0.407 e. The van der Waals surface area contributed by atoms with E-state index < -0.39 is 6.09 Å². The predicted octanol–water partition coefficient (Wildman–Crippen LogP) is 4.39. The lowest BCUT2D eigenvalue weighted by atomic mass is 10.1. The lowest BCUT2D eigenvalue weighted by Crippen LogP contribution is -2.31. The van der Waals surface area contributed by atoms with Crippen molar-refractivity contribution in [2.24, 2.45) is 0 Å². The smallest absolute Gasteiger partial charge is 0.407 e. The highest BCUT2D eigenvalue weighted by Gasteiger charge is 2.24. The molecule has 1 aliphatic rings. The van der Waals surface area contributed by atoms with Crippen molar-refractivity contribution in [3.8, 4) is 17.7 Å². The van der Waals surface area contributed by atoms with Crippen molar-refractivity contribution in [1.82, 2.24) is 14.9 Å². The van der Waals surface area contributed by atoms with Crippen LogP contribution in [0, 0.1) is 25.2 Å². The number of carbonyl (C=O) groups excluding carboxylic acids is 1. The maximum atomic E-state index is 11.5. The van der Waals surface area contributed by atoms with Crippen molar-refractivity contribution in [2.75, 3.05) is 18.4 Å². The number of carbonyl (C=O) groups is 2. The number of carboxylic acid groups (broad SMARTS) is 1. The topological polar surface area (TPSA) is 128 Å². The van der Waals surface area contributed by atoms with Gasteiger partial charge in [-0.05, 0) is 67.8 Å². The minimum Gasteiger partial charge on any atom is -0.465 e. The van der Waals surface area contributed by atoms with Gasteiger partial charge in [-0.25, -0.2) is 9.78 Å². The van der Waals surface area contributed by atoms with Gasteiger partial charge in [-0.3, -0.25) is 4.79 Å². The number of aldehydes is 1. The molecule has 0 fully saturated rings. The van der Waals surface area contributed by atoms with E-state index in [9.17, 15) is 14.7 Å². The molecule has 9 nitrogen and oxygen atoms in total. The van der Waals surface area contributed by atoms with E-state index in [0.717, 1.165) is 23.0 Å². The number of benzene rings is 2. The van der Waals surface area contributed by atoms with Crippen molar-refractivity contribution in [3.05, 3.63) is 69.9 Å². The summed E-state index contributed by atoms with van der Waals surface area (Å²) >= 11 is 0. The standard InChI is InChI=1S/C25H23N5O4/c1-15-11-18(14-31)12-16(2)22(15)34-23-20-7-9-30(25(32)33)10-8-21(20)28-24(29-23)27-19-5-3-17(13-26)4-6-19/h3-6,11-12,14H,7-10H2,1-2H3,(H,32,33)(H,27,28,29). The van der Waals surface area contributed by atoms with Gasteiger partial charge in [0.2, 0.25) is 11.8 Å². The fourth-order valence-corrected chi connectivity index (χ4v) is 3.96. The van der Waals surface area contributed by atoms with Crippen molar-refractivity contribution >= 4 is 24.0 Å². The molecule has 0 saturated carbocycles. The Labute approximate surface area is 196 Å². The van der Waals surface area contributed by atoms with E-state index in [1.165, 1.54) is 4.90 Å². The number of anilines is 2. The Morgan fingerprint density at radius 1 is 1.15 bits per heavy atom. The van der Waals surface area contributed by atoms with Crippen molar-refractivity contribution in [1.29, 1.82) is 5.26 Å². The van der Waals surface area contributed by atoms with E-state index >= 15 is 0 Å². The van der Waals surface area contributed by atoms with E-state index in [-0.39, 0.29) is 0 Å². The number of hydrogen-bond donors (Lipinski definition) is 2. The van der Waals surface area contributed by atoms with Crippen LogP contribution < -0.4 is 10.1 Å². The minimum absolute atomic E-state index is 0.307. The molecule has 2 heterocycles. The Hall–Kier alpha value is -4.45. The van der Waals surface area contributed by atoms with Crippen LogP contribution in [-0.4, -0.2) is 45.4 Å². The van der Waals surface area contributed by atoms with Gasteiger partial charge < -0.3 is 20.1 Å². The SMILES string of the molecule is Cc1cc(C=O)cc(C)c1Oc1nc(Nc2ccc(C#N)cc2)nc2c1CCN(C(=O)O)CC2. The maximum absolute atomic E-state index is 11.5. The molecule has 1 amide bonds. The molecule has 0 radical (unpaired) electrons. The summed E-state index contributed by atoms with van der Waals surface area (Å²) in [6, 6.07) is 12.5. The highest BCUT2D eigenvalue weighted by molar-refractivity contribution is 5.76. The number of fused-ring (bicyclic) bond motifs is 1. The van der Waals surface area contributed by atoms with Gasteiger partial charge in [-0.1, -0.05) is 0 Å². The summed E-state index contributed by atoms with van der Waals surface area (Å²) in [6.07, 6.45) is 0.652. The number of aryl methyl sites for hydroxylation is 2. The van der Waals surface area contributed by atoms with Crippen LogP contribution in [0.2, 0.25) is 0 Å².